The Morgan fingerprint density at radius 1 is 1.18 bits per heavy atom. The first-order valence-corrected chi connectivity index (χ1v) is 11.9. The van der Waals surface area contributed by atoms with Crippen molar-refractivity contribution in [2.24, 2.45) is 5.10 Å². The molecule has 9 heteroatoms. The van der Waals surface area contributed by atoms with E-state index in [1.165, 1.54) is 13.3 Å². The number of nitrogens with zero attached hydrogens (tertiary/aromatic N) is 1. The fraction of sp³-hybridized carbons (Fsp3) is 0.0833. The van der Waals surface area contributed by atoms with E-state index >= 15 is 0 Å². The van der Waals surface area contributed by atoms with Crippen LogP contribution in [0.4, 0.5) is 0 Å². The lowest BCUT2D eigenvalue weighted by Gasteiger charge is -2.13. The number of carbonyl (C=O) groups excluding carboxylic acids is 1. The summed E-state index contributed by atoms with van der Waals surface area (Å²) in [6, 6.07) is 18.6. The standard InChI is InChI=1S/C24H17BrClIN2O4/c1-31-21-9-15(8-19(26)23(21)32-13-14-2-5-18(27)6-3-14)12-28-29-24(30)22-11-16-10-17(25)4-7-20(16)33-22/h2-12H,13H2,1H3,(H,29,30)/b28-12+. The molecule has 4 aromatic rings. The lowest BCUT2D eigenvalue weighted by Crippen LogP contribution is -2.16. The number of carbonyl (C=O) groups is 1. The Labute approximate surface area is 217 Å². The summed E-state index contributed by atoms with van der Waals surface area (Å²) in [6.45, 7) is 0.352. The number of furan rings is 1. The van der Waals surface area contributed by atoms with Gasteiger partial charge in [0, 0.05) is 13.4 Å². The van der Waals surface area contributed by atoms with Gasteiger partial charge in [0.1, 0.15) is 12.2 Å². The van der Waals surface area contributed by atoms with Gasteiger partial charge in [-0.1, -0.05) is 39.7 Å². The van der Waals surface area contributed by atoms with Crippen molar-refractivity contribution in [2.75, 3.05) is 7.11 Å². The quantitative estimate of drug-likeness (QED) is 0.137. The molecule has 4 rings (SSSR count). The molecule has 3 aromatic carbocycles. The Morgan fingerprint density at radius 2 is 1.97 bits per heavy atom. The summed E-state index contributed by atoms with van der Waals surface area (Å²) >= 11 is 12.1. The highest BCUT2D eigenvalue weighted by Gasteiger charge is 2.13. The van der Waals surface area contributed by atoms with Gasteiger partial charge in [-0.3, -0.25) is 4.79 Å². The number of methoxy groups -OCH3 is 1. The number of fused-ring (bicyclic) bond motifs is 1. The molecule has 0 spiro atoms. The summed E-state index contributed by atoms with van der Waals surface area (Å²) < 4.78 is 18.9. The van der Waals surface area contributed by atoms with Crippen molar-refractivity contribution in [1.82, 2.24) is 5.43 Å². The number of ether oxygens (including phenoxy) is 2. The molecular weight excluding hydrogens is 623 g/mol. The van der Waals surface area contributed by atoms with Crippen LogP contribution in [0, 0.1) is 3.57 Å². The van der Waals surface area contributed by atoms with Crippen molar-refractivity contribution in [3.63, 3.8) is 0 Å². The van der Waals surface area contributed by atoms with Crippen LogP contribution < -0.4 is 14.9 Å². The molecule has 0 unspecified atom stereocenters. The van der Waals surface area contributed by atoms with E-state index in [0.717, 1.165) is 19.0 Å². The van der Waals surface area contributed by atoms with E-state index in [1.54, 1.807) is 24.3 Å². The highest BCUT2D eigenvalue weighted by molar-refractivity contribution is 14.1. The molecule has 0 aliphatic heterocycles. The number of hydrogen-bond acceptors (Lipinski definition) is 5. The lowest BCUT2D eigenvalue weighted by molar-refractivity contribution is 0.0929. The normalized spacial score (nSPS) is 11.2. The van der Waals surface area contributed by atoms with Crippen molar-refractivity contribution in [3.8, 4) is 11.5 Å². The van der Waals surface area contributed by atoms with Gasteiger partial charge in [0.25, 0.3) is 0 Å². The first-order chi connectivity index (χ1) is 15.9. The average molecular weight is 640 g/mol. The Bertz CT molecular complexity index is 1340. The number of nitrogens with one attached hydrogen (secondary N) is 1. The molecule has 33 heavy (non-hydrogen) atoms. The number of hydrogen-bond donors (Lipinski definition) is 1. The van der Waals surface area contributed by atoms with Gasteiger partial charge in [-0.25, -0.2) is 5.43 Å². The molecule has 1 aromatic heterocycles. The molecule has 0 fully saturated rings. The smallest absolute Gasteiger partial charge is 0.307 e. The lowest BCUT2D eigenvalue weighted by atomic mass is 10.2. The van der Waals surface area contributed by atoms with Crippen molar-refractivity contribution >= 4 is 73.2 Å². The highest BCUT2D eigenvalue weighted by Crippen LogP contribution is 2.36. The van der Waals surface area contributed by atoms with Gasteiger partial charge in [0.2, 0.25) is 0 Å². The minimum Gasteiger partial charge on any atom is -0.493 e. The van der Waals surface area contributed by atoms with E-state index in [-0.39, 0.29) is 5.76 Å². The van der Waals surface area contributed by atoms with Crippen LogP contribution in [-0.4, -0.2) is 19.2 Å². The van der Waals surface area contributed by atoms with Crippen LogP contribution in [-0.2, 0) is 6.61 Å². The second-order valence-corrected chi connectivity index (χ2v) is 9.51. The summed E-state index contributed by atoms with van der Waals surface area (Å²) in [5, 5.41) is 5.19. The van der Waals surface area contributed by atoms with Crippen LogP contribution in [0.5, 0.6) is 11.5 Å². The average Bonchev–Trinajstić information content (AvgIpc) is 3.22. The van der Waals surface area contributed by atoms with Crippen molar-refractivity contribution in [3.05, 3.63) is 90.6 Å². The van der Waals surface area contributed by atoms with Crippen molar-refractivity contribution < 1.29 is 18.7 Å². The van der Waals surface area contributed by atoms with Crippen molar-refractivity contribution in [1.29, 1.82) is 0 Å². The highest BCUT2D eigenvalue weighted by atomic mass is 127. The monoisotopic (exact) mass is 638 g/mol. The van der Waals surface area contributed by atoms with Gasteiger partial charge < -0.3 is 13.9 Å². The molecule has 6 nitrogen and oxygen atoms in total. The predicted molar refractivity (Wildman–Crippen MR) is 140 cm³/mol. The zero-order valence-corrected chi connectivity index (χ0v) is 21.8. The zero-order chi connectivity index (χ0) is 23.4. The van der Waals surface area contributed by atoms with E-state index < -0.39 is 5.91 Å². The molecule has 0 aliphatic rings. The van der Waals surface area contributed by atoms with Gasteiger partial charge in [-0.2, -0.15) is 5.10 Å². The SMILES string of the molecule is COc1cc(/C=N/NC(=O)c2cc3cc(Br)ccc3o2)cc(Cl)c1OCc1ccc(I)cc1. The van der Waals surface area contributed by atoms with Gasteiger partial charge in [-0.05, 0) is 82.2 Å². The van der Waals surface area contributed by atoms with Gasteiger partial charge in [0.05, 0.1) is 18.3 Å². The van der Waals surface area contributed by atoms with E-state index in [4.69, 9.17) is 25.5 Å². The number of halogens is 3. The molecule has 1 N–H and O–H groups in total. The second kappa shape index (κ2) is 10.6. The molecule has 1 heterocycles. The fourth-order valence-corrected chi connectivity index (χ4v) is 4.05. The number of hydrazone groups is 1. The van der Waals surface area contributed by atoms with Crippen LogP contribution in [0.25, 0.3) is 11.0 Å². The Kier molecular flexibility index (Phi) is 7.56. The molecule has 0 saturated heterocycles. The first kappa shape index (κ1) is 23.6. The van der Waals surface area contributed by atoms with Crippen LogP contribution in [0.2, 0.25) is 5.02 Å². The Balaban J connectivity index is 1.44. The summed E-state index contributed by atoms with van der Waals surface area (Å²) in [6.07, 6.45) is 1.47. The van der Waals surface area contributed by atoms with E-state index in [9.17, 15) is 4.79 Å². The van der Waals surface area contributed by atoms with Gasteiger partial charge in [-0.15, -0.1) is 0 Å². The topological polar surface area (TPSA) is 73.1 Å². The molecule has 1 amide bonds. The third-order valence-corrected chi connectivity index (χ3v) is 6.12. The summed E-state index contributed by atoms with van der Waals surface area (Å²) in [5.74, 6) is 0.598. The third kappa shape index (κ3) is 5.87. The molecule has 0 atom stereocenters. The largest absolute Gasteiger partial charge is 0.493 e. The summed E-state index contributed by atoms with van der Waals surface area (Å²) in [5.41, 5.74) is 4.72. The van der Waals surface area contributed by atoms with Crippen LogP contribution in [0.3, 0.4) is 0 Å². The maximum absolute atomic E-state index is 12.4. The Hall–Kier alpha value is -2.56. The molecule has 0 saturated carbocycles. The molecule has 0 bridgehead atoms. The minimum absolute atomic E-state index is 0.162. The van der Waals surface area contributed by atoms with E-state index in [0.29, 0.717) is 34.3 Å². The van der Waals surface area contributed by atoms with E-state index in [1.807, 2.05) is 36.4 Å². The second-order valence-electron chi connectivity index (χ2n) is 6.94. The maximum Gasteiger partial charge on any atom is 0.307 e. The van der Waals surface area contributed by atoms with Crippen LogP contribution in [0.1, 0.15) is 21.7 Å². The molecule has 0 aliphatic carbocycles. The van der Waals surface area contributed by atoms with Crippen molar-refractivity contribution in [2.45, 2.75) is 6.61 Å². The maximum atomic E-state index is 12.4. The number of rotatable bonds is 7. The van der Waals surface area contributed by atoms with Gasteiger partial charge in [0.15, 0.2) is 17.3 Å². The Morgan fingerprint density at radius 3 is 2.73 bits per heavy atom. The first-order valence-electron chi connectivity index (χ1n) is 9.70. The number of benzene rings is 3. The molecule has 0 radical (unpaired) electrons. The van der Waals surface area contributed by atoms with Gasteiger partial charge >= 0.3 is 5.91 Å². The molecule has 168 valence electrons. The third-order valence-electron chi connectivity index (χ3n) is 4.63. The molecular formula is C24H17BrClIN2O4. The number of amides is 1. The summed E-state index contributed by atoms with van der Waals surface area (Å²) in [4.78, 5) is 12.4. The fourth-order valence-electron chi connectivity index (χ4n) is 3.04. The van der Waals surface area contributed by atoms with Crippen LogP contribution >= 0.6 is 50.1 Å². The summed E-state index contributed by atoms with van der Waals surface area (Å²) in [7, 11) is 1.53. The van der Waals surface area contributed by atoms with E-state index in [2.05, 4.69) is 49.0 Å². The minimum atomic E-state index is -0.464. The zero-order valence-electron chi connectivity index (χ0n) is 17.3. The predicted octanol–water partition coefficient (Wildman–Crippen LogP) is 6.80. The van der Waals surface area contributed by atoms with Crippen LogP contribution in [0.15, 0.2) is 74.7 Å².